The number of anilines is 1. The molecule has 0 aliphatic rings. The molecule has 0 radical (unpaired) electrons. The van der Waals surface area contributed by atoms with Crippen LogP contribution in [0.4, 0.5) is 5.69 Å². The molecule has 150 valence electrons. The maximum Gasteiger partial charge on any atom is 0.227 e. The Bertz CT molecular complexity index is 1130. The minimum absolute atomic E-state index is 0.157. The van der Waals surface area contributed by atoms with Crippen molar-refractivity contribution in [1.29, 1.82) is 0 Å². The highest BCUT2D eigenvalue weighted by Gasteiger charge is 2.11. The van der Waals surface area contributed by atoms with Crippen molar-refractivity contribution in [3.8, 4) is 22.9 Å². The van der Waals surface area contributed by atoms with Crippen molar-refractivity contribution in [3.05, 3.63) is 84.0 Å². The molecule has 1 amide bonds. The van der Waals surface area contributed by atoms with Gasteiger partial charge in [-0.3, -0.25) is 9.78 Å². The van der Waals surface area contributed by atoms with Crippen molar-refractivity contribution in [2.45, 2.75) is 12.8 Å². The Morgan fingerprint density at radius 3 is 2.67 bits per heavy atom. The molecule has 0 saturated heterocycles. The van der Waals surface area contributed by atoms with Crippen LogP contribution in [0.5, 0.6) is 11.5 Å². The Labute approximate surface area is 177 Å². The second-order valence-electron chi connectivity index (χ2n) is 6.36. The summed E-state index contributed by atoms with van der Waals surface area (Å²) < 4.78 is 10.9. The summed E-state index contributed by atoms with van der Waals surface area (Å²) in [5.74, 6) is 1.88. The SMILES string of the molecule is O=C(CCc1nc(-c2cccnc2)no1)Nc1ccc(Oc2ccccc2Cl)cc1. The van der Waals surface area contributed by atoms with E-state index in [1.165, 1.54) is 0 Å². The van der Waals surface area contributed by atoms with Crippen LogP contribution in [0.3, 0.4) is 0 Å². The molecule has 0 unspecified atom stereocenters. The second kappa shape index (κ2) is 9.19. The molecule has 0 atom stereocenters. The van der Waals surface area contributed by atoms with E-state index in [0.29, 0.717) is 40.3 Å². The monoisotopic (exact) mass is 420 g/mol. The van der Waals surface area contributed by atoms with Gasteiger partial charge in [0.15, 0.2) is 0 Å². The van der Waals surface area contributed by atoms with Gasteiger partial charge in [0, 0.05) is 36.5 Å². The van der Waals surface area contributed by atoms with E-state index in [9.17, 15) is 4.79 Å². The number of rotatable bonds is 7. The summed E-state index contributed by atoms with van der Waals surface area (Å²) in [5.41, 5.74) is 1.42. The van der Waals surface area contributed by atoms with Gasteiger partial charge in [0.2, 0.25) is 17.6 Å². The smallest absolute Gasteiger partial charge is 0.227 e. The largest absolute Gasteiger partial charge is 0.456 e. The van der Waals surface area contributed by atoms with E-state index < -0.39 is 0 Å². The highest BCUT2D eigenvalue weighted by atomic mass is 35.5. The van der Waals surface area contributed by atoms with Gasteiger partial charge in [0.25, 0.3) is 0 Å². The first-order valence-corrected chi connectivity index (χ1v) is 9.60. The lowest BCUT2D eigenvalue weighted by atomic mass is 10.2. The fraction of sp³-hybridized carbons (Fsp3) is 0.0909. The van der Waals surface area contributed by atoms with E-state index in [1.54, 1.807) is 54.9 Å². The van der Waals surface area contributed by atoms with Gasteiger partial charge >= 0.3 is 0 Å². The van der Waals surface area contributed by atoms with E-state index in [0.717, 1.165) is 5.56 Å². The van der Waals surface area contributed by atoms with Gasteiger partial charge in [-0.2, -0.15) is 4.98 Å². The summed E-state index contributed by atoms with van der Waals surface area (Å²) in [7, 11) is 0. The number of carbonyl (C=O) groups excluding carboxylic acids is 1. The third kappa shape index (κ3) is 5.01. The maximum absolute atomic E-state index is 12.2. The summed E-state index contributed by atoms with van der Waals surface area (Å²) in [4.78, 5) is 20.5. The molecule has 8 heteroatoms. The molecule has 4 aromatic rings. The maximum atomic E-state index is 12.2. The number of hydrogen-bond donors (Lipinski definition) is 1. The van der Waals surface area contributed by atoms with Crippen LogP contribution in [-0.4, -0.2) is 21.0 Å². The average molecular weight is 421 g/mol. The quantitative estimate of drug-likeness (QED) is 0.444. The Balaban J connectivity index is 1.29. The molecule has 30 heavy (non-hydrogen) atoms. The third-order valence-electron chi connectivity index (χ3n) is 4.16. The normalized spacial score (nSPS) is 10.6. The lowest BCUT2D eigenvalue weighted by Gasteiger charge is -2.09. The van der Waals surface area contributed by atoms with Crippen LogP contribution in [-0.2, 0) is 11.2 Å². The number of carbonyl (C=O) groups is 1. The lowest BCUT2D eigenvalue weighted by Crippen LogP contribution is -2.12. The number of nitrogens with one attached hydrogen (secondary N) is 1. The zero-order valence-corrected chi connectivity index (χ0v) is 16.5. The molecule has 1 N–H and O–H groups in total. The zero-order valence-electron chi connectivity index (χ0n) is 15.8. The van der Waals surface area contributed by atoms with Crippen LogP contribution >= 0.6 is 11.6 Å². The first-order valence-electron chi connectivity index (χ1n) is 9.23. The van der Waals surface area contributed by atoms with Crippen molar-refractivity contribution in [1.82, 2.24) is 15.1 Å². The molecule has 7 nitrogen and oxygen atoms in total. The first kappa shape index (κ1) is 19.6. The van der Waals surface area contributed by atoms with Crippen LogP contribution in [0.1, 0.15) is 12.3 Å². The number of aromatic nitrogens is 3. The van der Waals surface area contributed by atoms with Gasteiger partial charge in [-0.05, 0) is 48.5 Å². The van der Waals surface area contributed by atoms with Crippen molar-refractivity contribution >= 4 is 23.2 Å². The average Bonchev–Trinajstić information content (AvgIpc) is 3.25. The number of nitrogens with zero attached hydrogens (tertiary/aromatic N) is 3. The Hall–Kier alpha value is -3.71. The standard InChI is InChI=1S/C22H17ClN4O3/c23-18-5-1-2-6-19(18)29-17-9-7-16(8-10-17)25-20(28)11-12-21-26-22(27-30-21)15-4-3-13-24-14-15/h1-10,13-14H,11-12H2,(H,25,28). The number of aryl methyl sites for hydroxylation is 1. The van der Waals surface area contributed by atoms with Gasteiger partial charge < -0.3 is 14.6 Å². The van der Waals surface area contributed by atoms with Crippen molar-refractivity contribution in [3.63, 3.8) is 0 Å². The number of hydrogen-bond acceptors (Lipinski definition) is 6. The highest BCUT2D eigenvalue weighted by Crippen LogP contribution is 2.29. The number of para-hydroxylation sites is 1. The van der Waals surface area contributed by atoms with Gasteiger partial charge in [-0.25, -0.2) is 0 Å². The number of amides is 1. The van der Waals surface area contributed by atoms with E-state index in [4.69, 9.17) is 20.9 Å². The summed E-state index contributed by atoms with van der Waals surface area (Å²) >= 11 is 6.09. The number of halogens is 1. The van der Waals surface area contributed by atoms with Crippen LogP contribution < -0.4 is 10.1 Å². The van der Waals surface area contributed by atoms with Gasteiger partial charge in [-0.15, -0.1) is 0 Å². The summed E-state index contributed by atoms with van der Waals surface area (Å²) in [5, 5.41) is 7.28. The number of pyridine rings is 1. The second-order valence-corrected chi connectivity index (χ2v) is 6.77. The summed E-state index contributed by atoms with van der Waals surface area (Å²) in [6.45, 7) is 0. The Morgan fingerprint density at radius 2 is 1.90 bits per heavy atom. The van der Waals surface area contributed by atoms with Crippen molar-refractivity contribution < 1.29 is 14.1 Å². The van der Waals surface area contributed by atoms with Gasteiger partial charge in [0.05, 0.1) is 5.02 Å². The Kier molecular flexibility index (Phi) is 6.01. The number of benzene rings is 2. The third-order valence-corrected chi connectivity index (χ3v) is 4.47. The van der Waals surface area contributed by atoms with Crippen molar-refractivity contribution in [2.75, 3.05) is 5.32 Å². The lowest BCUT2D eigenvalue weighted by molar-refractivity contribution is -0.116. The van der Waals surface area contributed by atoms with Crippen molar-refractivity contribution in [2.24, 2.45) is 0 Å². The van der Waals surface area contributed by atoms with Gasteiger partial charge in [0.1, 0.15) is 11.5 Å². The zero-order chi connectivity index (χ0) is 20.8. The fourth-order valence-electron chi connectivity index (χ4n) is 2.67. The van der Waals surface area contributed by atoms with E-state index in [2.05, 4.69) is 20.4 Å². The van der Waals surface area contributed by atoms with Crippen LogP contribution in [0.2, 0.25) is 5.02 Å². The van der Waals surface area contributed by atoms with Crippen LogP contribution in [0.15, 0.2) is 77.6 Å². The molecule has 0 aliphatic carbocycles. The molecule has 2 aromatic carbocycles. The molecule has 2 aromatic heterocycles. The summed E-state index contributed by atoms with van der Waals surface area (Å²) in [6.07, 6.45) is 3.88. The minimum Gasteiger partial charge on any atom is -0.456 e. The van der Waals surface area contributed by atoms with E-state index >= 15 is 0 Å². The topological polar surface area (TPSA) is 90.1 Å². The van der Waals surface area contributed by atoms with Crippen LogP contribution in [0.25, 0.3) is 11.4 Å². The minimum atomic E-state index is -0.157. The molecule has 0 bridgehead atoms. The molecule has 0 fully saturated rings. The first-order chi connectivity index (χ1) is 14.7. The molecule has 2 heterocycles. The predicted molar refractivity (Wildman–Crippen MR) is 112 cm³/mol. The molecule has 0 aliphatic heterocycles. The van der Waals surface area contributed by atoms with E-state index in [1.807, 2.05) is 18.2 Å². The highest BCUT2D eigenvalue weighted by molar-refractivity contribution is 6.32. The summed E-state index contributed by atoms with van der Waals surface area (Å²) in [6, 6.07) is 17.9. The Morgan fingerprint density at radius 1 is 1.07 bits per heavy atom. The molecular formula is C22H17ClN4O3. The fourth-order valence-corrected chi connectivity index (χ4v) is 2.85. The number of ether oxygens (including phenoxy) is 1. The van der Waals surface area contributed by atoms with Gasteiger partial charge in [-0.1, -0.05) is 28.9 Å². The molecular weight excluding hydrogens is 404 g/mol. The van der Waals surface area contributed by atoms with E-state index in [-0.39, 0.29) is 12.3 Å². The molecule has 0 saturated carbocycles. The molecule has 4 rings (SSSR count). The predicted octanol–water partition coefficient (Wildman–Crippen LogP) is 5.15. The van der Waals surface area contributed by atoms with Crippen LogP contribution in [0, 0.1) is 0 Å². The molecule has 0 spiro atoms.